The van der Waals surface area contributed by atoms with Crippen LogP contribution in [-0.4, -0.2) is 59.4 Å². The number of nitrogens with zero attached hydrogens (tertiary/aromatic N) is 2. The van der Waals surface area contributed by atoms with Crippen LogP contribution in [0.25, 0.3) is 0 Å². The molecule has 5 nitrogen and oxygen atoms in total. The summed E-state index contributed by atoms with van der Waals surface area (Å²) in [6.45, 7) is 4.05. The third kappa shape index (κ3) is 3.45. The van der Waals surface area contributed by atoms with Crippen molar-refractivity contribution < 1.29 is 9.59 Å². The smallest absolute Gasteiger partial charge is 0.234 e. The van der Waals surface area contributed by atoms with Crippen LogP contribution in [0.3, 0.4) is 0 Å². The Bertz CT molecular complexity index is 420. The summed E-state index contributed by atoms with van der Waals surface area (Å²) in [6, 6.07) is 1.09. The van der Waals surface area contributed by atoms with Crippen molar-refractivity contribution in [2.45, 2.75) is 76.4 Å². The molecule has 2 saturated heterocycles. The number of likely N-dealkylation sites (tertiary alicyclic amines) is 2. The van der Waals surface area contributed by atoms with Crippen molar-refractivity contribution in [2.75, 3.05) is 19.6 Å². The molecule has 0 aromatic carbocycles. The molecular formula is C17H29N3O2. The monoisotopic (exact) mass is 307 g/mol. The summed E-state index contributed by atoms with van der Waals surface area (Å²) in [7, 11) is 0. The summed E-state index contributed by atoms with van der Waals surface area (Å²) in [4.78, 5) is 28.4. The molecule has 2 aliphatic heterocycles. The second-order valence-corrected chi connectivity index (χ2v) is 7.15. The van der Waals surface area contributed by atoms with E-state index in [1.54, 1.807) is 6.92 Å². The van der Waals surface area contributed by atoms with Crippen molar-refractivity contribution in [1.82, 2.24) is 15.1 Å². The predicted molar refractivity (Wildman–Crippen MR) is 85.4 cm³/mol. The molecule has 1 aliphatic carbocycles. The lowest BCUT2D eigenvalue weighted by Crippen LogP contribution is -2.50. The molecule has 3 rings (SSSR count). The number of hydrogen-bond donors (Lipinski definition) is 1. The normalized spacial score (nSPS) is 30.1. The van der Waals surface area contributed by atoms with Crippen molar-refractivity contribution in [3.63, 3.8) is 0 Å². The number of carbonyl (C=O) groups is 2. The van der Waals surface area contributed by atoms with Crippen molar-refractivity contribution in [1.29, 1.82) is 0 Å². The van der Waals surface area contributed by atoms with Gasteiger partial charge < -0.3 is 10.2 Å². The SMILES string of the molecule is CC(=O)N1CCC[C@H]1[C@@H]1CCCN1CC(=O)NC1CCCC1. The number of hydrogen-bond acceptors (Lipinski definition) is 3. The molecule has 2 atom stereocenters. The van der Waals surface area contributed by atoms with Gasteiger partial charge in [0.25, 0.3) is 0 Å². The number of nitrogens with one attached hydrogen (secondary N) is 1. The lowest BCUT2D eigenvalue weighted by molar-refractivity contribution is -0.130. The first-order valence-electron chi connectivity index (χ1n) is 8.96. The minimum atomic E-state index is 0.172. The highest BCUT2D eigenvalue weighted by atomic mass is 16.2. The topological polar surface area (TPSA) is 52.7 Å². The van der Waals surface area contributed by atoms with E-state index in [9.17, 15) is 9.59 Å². The fraction of sp³-hybridized carbons (Fsp3) is 0.882. The van der Waals surface area contributed by atoms with Crippen LogP contribution in [-0.2, 0) is 9.59 Å². The van der Waals surface area contributed by atoms with E-state index in [0.29, 0.717) is 24.7 Å². The summed E-state index contributed by atoms with van der Waals surface area (Å²) in [6.07, 6.45) is 9.20. The van der Waals surface area contributed by atoms with E-state index in [1.165, 1.54) is 12.8 Å². The van der Waals surface area contributed by atoms with Crippen LogP contribution in [0.5, 0.6) is 0 Å². The maximum Gasteiger partial charge on any atom is 0.234 e. The van der Waals surface area contributed by atoms with E-state index in [1.807, 2.05) is 4.90 Å². The molecule has 2 heterocycles. The van der Waals surface area contributed by atoms with Gasteiger partial charge in [-0.3, -0.25) is 14.5 Å². The van der Waals surface area contributed by atoms with Gasteiger partial charge in [0.15, 0.2) is 0 Å². The Labute approximate surface area is 133 Å². The average Bonchev–Trinajstić information content (AvgIpc) is 3.17. The first-order valence-corrected chi connectivity index (χ1v) is 8.96. The molecule has 0 unspecified atom stereocenters. The van der Waals surface area contributed by atoms with Crippen LogP contribution in [0.1, 0.15) is 58.3 Å². The average molecular weight is 307 g/mol. The standard InChI is InChI=1S/C17H29N3O2/c1-13(21)20-11-5-9-16(20)15-8-4-10-19(15)12-17(22)18-14-6-2-3-7-14/h14-16H,2-12H2,1H3,(H,18,22)/t15-,16-/m0/s1. The Kier molecular flexibility index (Phi) is 5.01. The molecule has 3 aliphatic rings. The van der Waals surface area contributed by atoms with Gasteiger partial charge >= 0.3 is 0 Å². The van der Waals surface area contributed by atoms with Gasteiger partial charge in [-0.1, -0.05) is 12.8 Å². The van der Waals surface area contributed by atoms with Gasteiger partial charge in [-0.05, 0) is 45.1 Å². The van der Waals surface area contributed by atoms with Crippen LogP contribution in [0.4, 0.5) is 0 Å². The van der Waals surface area contributed by atoms with Crippen molar-refractivity contribution >= 4 is 11.8 Å². The Morgan fingerprint density at radius 3 is 2.36 bits per heavy atom. The highest BCUT2D eigenvalue weighted by Crippen LogP contribution is 2.30. The van der Waals surface area contributed by atoms with Gasteiger partial charge in [-0.25, -0.2) is 0 Å². The zero-order chi connectivity index (χ0) is 15.5. The van der Waals surface area contributed by atoms with Gasteiger partial charge in [0.05, 0.1) is 6.54 Å². The van der Waals surface area contributed by atoms with Crippen molar-refractivity contribution in [3.05, 3.63) is 0 Å². The molecule has 1 saturated carbocycles. The van der Waals surface area contributed by atoms with E-state index >= 15 is 0 Å². The van der Waals surface area contributed by atoms with Crippen LogP contribution in [0, 0.1) is 0 Å². The molecule has 5 heteroatoms. The largest absolute Gasteiger partial charge is 0.352 e. The Morgan fingerprint density at radius 2 is 1.64 bits per heavy atom. The molecule has 124 valence electrons. The Balaban J connectivity index is 1.56. The second kappa shape index (κ2) is 6.99. The molecule has 0 aromatic heterocycles. The van der Waals surface area contributed by atoms with E-state index in [2.05, 4.69) is 10.2 Å². The highest BCUT2D eigenvalue weighted by Gasteiger charge is 2.39. The van der Waals surface area contributed by atoms with Gasteiger partial charge in [-0.2, -0.15) is 0 Å². The minimum absolute atomic E-state index is 0.172. The van der Waals surface area contributed by atoms with Crippen molar-refractivity contribution in [2.24, 2.45) is 0 Å². The quantitative estimate of drug-likeness (QED) is 0.857. The Morgan fingerprint density at radius 1 is 0.955 bits per heavy atom. The first kappa shape index (κ1) is 15.8. The van der Waals surface area contributed by atoms with Gasteiger partial charge in [0, 0.05) is 31.6 Å². The number of amides is 2. The molecular weight excluding hydrogens is 278 g/mol. The van der Waals surface area contributed by atoms with Crippen LogP contribution < -0.4 is 5.32 Å². The lowest BCUT2D eigenvalue weighted by Gasteiger charge is -2.34. The summed E-state index contributed by atoms with van der Waals surface area (Å²) < 4.78 is 0. The lowest BCUT2D eigenvalue weighted by atomic mass is 10.0. The fourth-order valence-corrected chi connectivity index (χ4v) is 4.60. The summed E-state index contributed by atoms with van der Waals surface area (Å²) in [5, 5.41) is 3.19. The van der Waals surface area contributed by atoms with Crippen LogP contribution in [0.15, 0.2) is 0 Å². The summed E-state index contributed by atoms with van der Waals surface area (Å²) in [5.41, 5.74) is 0. The molecule has 0 aromatic rings. The van der Waals surface area contributed by atoms with Crippen LogP contribution in [0.2, 0.25) is 0 Å². The van der Waals surface area contributed by atoms with E-state index < -0.39 is 0 Å². The third-order valence-electron chi connectivity index (χ3n) is 5.63. The predicted octanol–water partition coefficient (Wildman–Crippen LogP) is 1.52. The maximum absolute atomic E-state index is 12.3. The molecule has 2 amide bonds. The summed E-state index contributed by atoms with van der Waals surface area (Å²) in [5.74, 6) is 0.357. The van der Waals surface area contributed by atoms with E-state index in [4.69, 9.17) is 0 Å². The molecule has 1 N–H and O–H groups in total. The van der Waals surface area contributed by atoms with Gasteiger partial charge in [-0.15, -0.1) is 0 Å². The number of rotatable bonds is 4. The fourth-order valence-electron chi connectivity index (χ4n) is 4.60. The van der Waals surface area contributed by atoms with E-state index in [-0.39, 0.29) is 11.8 Å². The van der Waals surface area contributed by atoms with Crippen LogP contribution >= 0.6 is 0 Å². The van der Waals surface area contributed by atoms with Crippen molar-refractivity contribution in [3.8, 4) is 0 Å². The van der Waals surface area contributed by atoms with Gasteiger partial charge in [0.2, 0.25) is 11.8 Å². The van der Waals surface area contributed by atoms with E-state index in [0.717, 1.165) is 51.6 Å². The number of carbonyl (C=O) groups excluding carboxylic acids is 2. The molecule has 0 spiro atoms. The highest BCUT2D eigenvalue weighted by molar-refractivity contribution is 5.78. The Hall–Kier alpha value is -1.10. The maximum atomic E-state index is 12.3. The zero-order valence-corrected chi connectivity index (χ0v) is 13.7. The summed E-state index contributed by atoms with van der Waals surface area (Å²) >= 11 is 0. The minimum Gasteiger partial charge on any atom is -0.352 e. The molecule has 0 radical (unpaired) electrons. The first-order chi connectivity index (χ1) is 10.6. The molecule has 3 fully saturated rings. The molecule has 0 bridgehead atoms. The second-order valence-electron chi connectivity index (χ2n) is 7.15. The zero-order valence-electron chi connectivity index (χ0n) is 13.7. The molecule has 22 heavy (non-hydrogen) atoms. The third-order valence-corrected chi connectivity index (χ3v) is 5.63. The van der Waals surface area contributed by atoms with Gasteiger partial charge in [0.1, 0.15) is 0 Å².